The summed E-state index contributed by atoms with van der Waals surface area (Å²) >= 11 is 0. The van der Waals surface area contributed by atoms with Crippen LogP contribution in [0.1, 0.15) is 43.9 Å². The molecule has 0 saturated carbocycles. The molecule has 0 amide bonds. The predicted octanol–water partition coefficient (Wildman–Crippen LogP) is 0.708. The Balaban J connectivity index is 1.84. The summed E-state index contributed by atoms with van der Waals surface area (Å²) in [6.45, 7) is 5.32. The van der Waals surface area contributed by atoms with Gasteiger partial charge in [0.15, 0.2) is 5.82 Å². The Hall–Kier alpha value is -0.940. The zero-order valence-electron chi connectivity index (χ0n) is 10.5. The summed E-state index contributed by atoms with van der Waals surface area (Å²) in [4.78, 5) is 7.19. The molecule has 0 bridgehead atoms. The van der Waals surface area contributed by atoms with Crippen LogP contribution in [0.15, 0.2) is 0 Å². The Morgan fingerprint density at radius 2 is 2.29 bits per heavy atom. The maximum atomic E-state index is 5.97. The molecule has 0 aromatic carbocycles. The van der Waals surface area contributed by atoms with E-state index in [9.17, 15) is 0 Å². The van der Waals surface area contributed by atoms with E-state index in [0.29, 0.717) is 6.04 Å². The van der Waals surface area contributed by atoms with Crippen LogP contribution >= 0.6 is 0 Å². The van der Waals surface area contributed by atoms with Crippen LogP contribution in [0.5, 0.6) is 0 Å². The van der Waals surface area contributed by atoms with Crippen molar-refractivity contribution in [3.05, 3.63) is 11.6 Å². The van der Waals surface area contributed by atoms with Crippen LogP contribution in [0.4, 0.5) is 0 Å². The highest BCUT2D eigenvalue weighted by molar-refractivity contribution is 5.03. The number of rotatable bonds is 2. The zero-order chi connectivity index (χ0) is 11.8. The topological polar surface area (TPSA) is 60.0 Å². The summed E-state index contributed by atoms with van der Waals surface area (Å²) in [5.74, 6) is 2.15. The minimum atomic E-state index is 0.253. The molecule has 94 valence electrons. The van der Waals surface area contributed by atoms with Gasteiger partial charge in [0.2, 0.25) is 0 Å². The van der Waals surface area contributed by atoms with Crippen molar-refractivity contribution in [1.82, 2.24) is 19.7 Å². The van der Waals surface area contributed by atoms with Gasteiger partial charge >= 0.3 is 0 Å². The van der Waals surface area contributed by atoms with Gasteiger partial charge in [0, 0.05) is 12.5 Å². The van der Waals surface area contributed by atoms with E-state index in [1.54, 1.807) is 0 Å². The van der Waals surface area contributed by atoms with Gasteiger partial charge in [0.1, 0.15) is 5.82 Å². The third-order valence-electron chi connectivity index (χ3n) is 3.98. The van der Waals surface area contributed by atoms with Gasteiger partial charge in [-0.15, -0.1) is 0 Å². The third-order valence-corrected chi connectivity index (χ3v) is 3.98. The molecule has 0 spiro atoms. The summed E-state index contributed by atoms with van der Waals surface area (Å²) in [7, 11) is 0. The third kappa shape index (κ3) is 1.98. The van der Waals surface area contributed by atoms with Crippen molar-refractivity contribution in [2.75, 3.05) is 13.1 Å². The lowest BCUT2D eigenvalue weighted by molar-refractivity contribution is 0.261. The van der Waals surface area contributed by atoms with E-state index in [-0.39, 0.29) is 6.04 Å². The van der Waals surface area contributed by atoms with Gasteiger partial charge in [-0.05, 0) is 32.4 Å². The summed E-state index contributed by atoms with van der Waals surface area (Å²) in [5.41, 5.74) is 5.97. The molecule has 1 aromatic heterocycles. The SMILES string of the molecule is CCN1CCCC1c1nc2n(n1)CC(N)CC2. The molecule has 2 aliphatic heterocycles. The quantitative estimate of drug-likeness (QED) is 0.820. The Bertz CT molecular complexity index is 400. The highest BCUT2D eigenvalue weighted by atomic mass is 15.4. The lowest BCUT2D eigenvalue weighted by Crippen LogP contribution is -2.32. The van der Waals surface area contributed by atoms with Crippen LogP contribution < -0.4 is 5.73 Å². The van der Waals surface area contributed by atoms with Crippen molar-refractivity contribution in [2.45, 2.75) is 51.2 Å². The van der Waals surface area contributed by atoms with Crippen molar-refractivity contribution in [1.29, 1.82) is 0 Å². The number of nitrogens with two attached hydrogens (primary N) is 1. The summed E-state index contributed by atoms with van der Waals surface area (Å²) in [6.07, 6.45) is 4.48. The molecule has 2 unspecified atom stereocenters. The van der Waals surface area contributed by atoms with Gasteiger partial charge in [-0.25, -0.2) is 9.67 Å². The number of likely N-dealkylation sites (tertiary alicyclic amines) is 1. The minimum Gasteiger partial charge on any atom is -0.326 e. The second-order valence-corrected chi connectivity index (χ2v) is 5.15. The average Bonchev–Trinajstić information content (AvgIpc) is 2.93. The first-order chi connectivity index (χ1) is 8.28. The van der Waals surface area contributed by atoms with Crippen LogP contribution in [0.3, 0.4) is 0 Å². The first-order valence-electron chi connectivity index (χ1n) is 6.71. The maximum absolute atomic E-state index is 5.97. The second-order valence-electron chi connectivity index (χ2n) is 5.15. The summed E-state index contributed by atoms with van der Waals surface area (Å²) < 4.78 is 2.02. The van der Waals surface area contributed by atoms with Crippen molar-refractivity contribution >= 4 is 0 Å². The van der Waals surface area contributed by atoms with E-state index < -0.39 is 0 Å². The van der Waals surface area contributed by atoms with Gasteiger partial charge in [0.05, 0.1) is 12.6 Å². The van der Waals surface area contributed by atoms with E-state index in [1.165, 1.54) is 19.4 Å². The fourth-order valence-electron chi connectivity index (χ4n) is 2.99. The number of aryl methyl sites for hydroxylation is 1. The first kappa shape index (κ1) is 11.2. The molecule has 1 aromatic rings. The number of hydrogen-bond acceptors (Lipinski definition) is 4. The smallest absolute Gasteiger partial charge is 0.168 e. The monoisotopic (exact) mass is 235 g/mol. The Morgan fingerprint density at radius 3 is 3.12 bits per heavy atom. The Kier molecular flexibility index (Phi) is 2.88. The lowest BCUT2D eigenvalue weighted by atomic mass is 10.1. The Morgan fingerprint density at radius 1 is 1.41 bits per heavy atom. The fourth-order valence-corrected chi connectivity index (χ4v) is 2.99. The number of aromatic nitrogens is 3. The summed E-state index contributed by atoms with van der Waals surface area (Å²) in [6, 6.07) is 0.692. The van der Waals surface area contributed by atoms with Crippen LogP contribution in [0.25, 0.3) is 0 Å². The normalized spacial score (nSPS) is 29.5. The molecule has 1 saturated heterocycles. The van der Waals surface area contributed by atoms with E-state index in [0.717, 1.165) is 37.6 Å². The fraction of sp³-hybridized carbons (Fsp3) is 0.833. The molecular formula is C12H21N5. The number of hydrogen-bond donors (Lipinski definition) is 1. The molecular weight excluding hydrogens is 214 g/mol. The van der Waals surface area contributed by atoms with E-state index in [1.807, 2.05) is 4.68 Å². The molecule has 0 aliphatic carbocycles. The van der Waals surface area contributed by atoms with Crippen molar-refractivity contribution in [3.8, 4) is 0 Å². The maximum Gasteiger partial charge on any atom is 0.168 e. The van der Waals surface area contributed by atoms with E-state index >= 15 is 0 Å². The van der Waals surface area contributed by atoms with Crippen LogP contribution in [-0.2, 0) is 13.0 Å². The van der Waals surface area contributed by atoms with E-state index in [2.05, 4.69) is 16.9 Å². The molecule has 3 rings (SSSR count). The molecule has 2 aliphatic rings. The standard InChI is InChI=1S/C12H21N5/c1-2-16-7-3-4-10(16)12-14-11-6-5-9(13)8-17(11)15-12/h9-10H,2-8,13H2,1H3. The van der Waals surface area contributed by atoms with Crippen LogP contribution in [0.2, 0.25) is 0 Å². The van der Waals surface area contributed by atoms with Crippen molar-refractivity contribution in [2.24, 2.45) is 5.73 Å². The average molecular weight is 235 g/mol. The van der Waals surface area contributed by atoms with Crippen LogP contribution in [0, 0.1) is 0 Å². The highest BCUT2D eigenvalue weighted by Gasteiger charge is 2.29. The molecule has 17 heavy (non-hydrogen) atoms. The molecule has 5 heteroatoms. The molecule has 5 nitrogen and oxygen atoms in total. The predicted molar refractivity (Wildman–Crippen MR) is 65.5 cm³/mol. The number of nitrogens with zero attached hydrogens (tertiary/aromatic N) is 4. The summed E-state index contributed by atoms with van der Waals surface area (Å²) in [5, 5.41) is 4.67. The molecule has 1 fully saturated rings. The molecule has 3 heterocycles. The minimum absolute atomic E-state index is 0.253. The first-order valence-corrected chi connectivity index (χ1v) is 6.71. The largest absolute Gasteiger partial charge is 0.326 e. The van der Waals surface area contributed by atoms with Crippen molar-refractivity contribution in [3.63, 3.8) is 0 Å². The lowest BCUT2D eigenvalue weighted by Gasteiger charge is -2.19. The van der Waals surface area contributed by atoms with Gasteiger partial charge < -0.3 is 5.73 Å². The second kappa shape index (κ2) is 4.38. The highest BCUT2D eigenvalue weighted by Crippen LogP contribution is 2.30. The van der Waals surface area contributed by atoms with Gasteiger partial charge in [-0.1, -0.05) is 6.92 Å². The van der Waals surface area contributed by atoms with Gasteiger partial charge in [0.25, 0.3) is 0 Å². The molecule has 2 N–H and O–H groups in total. The Labute approximate surface area is 102 Å². The van der Waals surface area contributed by atoms with Crippen LogP contribution in [-0.4, -0.2) is 38.8 Å². The van der Waals surface area contributed by atoms with Gasteiger partial charge in [-0.2, -0.15) is 5.10 Å². The van der Waals surface area contributed by atoms with Crippen molar-refractivity contribution < 1.29 is 0 Å². The number of fused-ring (bicyclic) bond motifs is 1. The van der Waals surface area contributed by atoms with Gasteiger partial charge in [-0.3, -0.25) is 4.90 Å². The van der Waals surface area contributed by atoms with E-state index in [4.69, 9.17) is 10.7 Å². The zero-order valence-corrected chi connectivity index (χ0v) is 10.5. The molecule has 0 radical (unpaired) electrons. The molecule has 2 atom stereocenters.